The van der Waals surface area contributed by atoms with Crippen LogP contribution in [0.5, 0.6) is 5.75 Å². The predicted molar refractivity (Wildman–Crippen MR) is 71.1 cm³/mol. The Morgan fingerprint density at radius 1 is 1.33 bits per heavy atom. The van der Waals surface area contributed by atoms with Crippen molar-refractivity contribution in [1.29, 1.82) is 0 Å². The van der Waals surface area contributed by atoms with E-state index in [4.69, 9.17) is 14.9 Å². The van der Waals surface area contributed by atoms with Crippen LogP contribution in [0.3, 0.4) is 0 Å². The number of nitrogens with zero attached hydrogens (tertiary/aromatic N) is 1. The summed E-state index contributed by atoms with van der Waals surface area (Å²) in [6, 6.07) is 4.54. The summed E-state index contributed by atoms with van der Waals surface area (Å²) in [4.78, 5) is 32.3. The molecule has 21 heavy (non-hydrogen) atoms. The molecule has 0 spiro atoms. The van der Waals surface area contributed by atoms with E-state index in [1.807, 2.05) is 0 Å². The molecule has 1 atom stereocenters. The van der Waals surface area contributed by atoms with Gasteiger partial charge in [-0.05, 0) is 30.2 Å². The van der Waals surface area contributed by atoms with Crippen LogP contribution in [0.1, 0.15) is 17.0 Å². The van der Waals surface area contributed by atoms with E-state index in [2.05, 4.69) is 0 Å². The quantitative estimate of drug-likeness (QED) is 0.439. The third-order valence-corrected chi connectivity index (χ3v) is 3.16. The fourth-order valence-electron chi connectivity index (χ4n) is 2.18. The maximum Gasteiger partial charge on any atom is 0.318 e. The number of carboxylic acids is 2. The topological polar surface area (TPSA) is 127 Å². The van der Waals surface area contributed by atoms with Crippen molar-refractivity contribution >= 4 is 11.9 Å². The average molecular weight is 297 g/mol. The molecule has 0 heterocycles. The molecule has 0 radical (unpaired) electrons. The molecular formula is C13H15NO7. The lowest BCUT2D eigenvalue weighted by molar-refractivity contribution is -0.484. The maximum atomic E-state index is 11.1. The van der Waals surface area contributed by atoms with Crippen LogP contribution in [-0.4, -0.2) is 40.7 Å². The first kappa shape index (κ1) is 16.4. The highest BCUT2D eigenvalue weighted by atomic mass is 16.6. The Balaban J connectivity index is 3.33. The Hall–Kier alpha value is -2.64. The van der Waals surface area contributed by atoms with E-state index in [1.165, 1.54) is 19.2 Å². The van der Waals surface area contributed by atoms with Crippen LogP contribution in [0.15, 0.2) is 18.2 Å². The van der Waals surface area contributed by atoms with Crippen LogP contribution < -0.4 is 4.74 Å². The lowest BCUT2D eigenvalue weighted by atomic mass is 9.83. The second-order valence-corrected chi connectivity index (χ2v) is 4.50. The molecule has 0 amide bonds. The van der Waals surface area contributed by atoms with Crippen molar-refractivity contribution < 1.29 is 29.5 Å². The van der Waals surface area contributed by atoms with Crippen LogP contribution in [0.4, 0.5) is 0 Å². The zero-order valence-electron chi connectivity index (χ0n) is 11.5. The molecule has 0 unspecified atom stereocenters. The third kappa shape index (κ3) is 3.91. The fourth-order valence-corrected chi connectivity index (χ4v) is 2.18. The van der Waals surface area contributed by atoms with Gasteiger partial charge in [0.15, 0.2) is 5.92 Å². The summed E-state index contributed by atoms with van der Waals surface area (Å²) in [7, 11) is 1.44. The molecule has 1 rings (SSSR count). The van der Waals surface area contributed by atoms with Crippen LogP contribution in [0, 0.1) is 23.0 Å². The molecule has 2 N–H and O–H groups in total. The standard InChI is InChI=1S/C13H15NO7/c1-7-5-8(21-2)3-4-9(7)10(6-14(19)20)11(12(15)16)13(17)18/h3-5,10-11H,6H2,1-2H3,(H,15,16)(H,17,18)/t10-/m0/s1. The highest BCUT2D eigenvalue weighted by Crippen LogP contribution is 2.30. The molecule has 0 saturated heterocycles. The van der Waals surface area contributed by atoms with E-state index in [0.29, 0.717) is 16.9 Å². The number of carboxylic acid groups (broad SMARTS) is 2. The molecule has 0 saturated carbocycles. The molecule has 1 aromatic rings. The van der Waals surface area contributed by atoms with Gasteiger partial charge >= 0.3 is 11.9 Å². The average Bonchev–Trinajstić information content (AvgIpc) is 2.36. The van der Waals surface area contributed by atoms with Crippen molar-refractivity contribution in [3.63, 3.8) is 0 Å². The Labute approximate surface area is 120 Å². The fraction of sp³-hybridized carbons (Fsp3) is 0.385. The van der Waals surface area contributed by atoms with Crippen molar-refractivity contribution in [2.45, 2.75) is 12.8 Å². The van der Waals surface area contributed by atoms with Crippen molar-refractivity contribution in [3.8, 4) is 5.75 Å². The third-order valence-electron chi connectivity index (χ3n) is 3.16. The smallest absolute Gasteiger partial charge is 0.318 e. The molecule has 0 fully saturated rings. The van der Waals surface area contributed by atoms with Gasteiger partial charge in [0.1, 0.15) is 5.75 Å². The number of aliphatic carboxylic acids is 2. The number of nitro groups is 1. The number of carbonyl (C=O) groups is 2. The summed E-state index contributed by atoms with van der Waals surface area (Å²) in [5.74, 6) is -5.86. The SMILES string of the molecule is COc1ccc([C@H](C[N+](=O)[O-])C(C(=O)O)C(=O)O)c(C)c1. The summed E-state index contributed by atoms with van der Waals surface area (Å²) in [6.07, 6.45) is 0. The monoisotopic (exact) mass is 297 g/mol. The number of rotatable bonds is 7. The first-order chi connectivity index (χ1) is 9.77. The van der Waals surface area contributed by atoms with Crippen molar-refractivity contribution in [2.75, 3.05) is 13.7 Å². The van der Waals surface area contributed by atoms with E-state index in [9.17, 15) is 19.7 Å². The van der Waals surface area contributed by atoms with Gasteiger partial charge in [-0.1, -0.05) is 6.07 Å². The Morgan fingerprint density at radius 3 is 2.29 bits per heavy atom. The van der Waals surface area contributed by atoms with E-state index < -0.39 is 35.2 Å². The zero-order valence-corrected chi connectivity index (χ0v) is 11.5. The number of aryl methyl sites for hydroxylation is 1. The minimum atomic E-state index is -1.89. The molecule has 8 nitrogen and oxygen atoms in total. The molecule has 8 heteroatoms. The van der Waals surface area contributed by atoms with Crippen LogP contribution in [0.25, 0.3) is 0 Å². The summed E-state index contributed by atoms with van der Waals surface area (Å²) < 4.78 is 5.00. The van der Waals surface area contributed by atoms with Gasteiger partial charge in [-0.3, -0.25) is 19.7 Å². The number of ether oxygens (including phenoxy) is 1. The summed E-state index contributed by atoms with van der Waals surface area (Å²) in [5.41, 5.74) is 0.844. The second kappa shape index (κ2) is 6.69. The predicted octanol–water partition coefficient (Wildman–Crippen LogP) is 1.15. The minimum absolute atomic E-state index is 0.308. The van der Waals surface area contributed by atoms with Crippen molar-refractivity contribution in [1.82, 2.24) is 0 Å². The first-order valence-electron chi connectivity index (χ1n) is 5.99. The molecule has 0 aliphatic rings. The van der Waals surface area contributed by atoms with Crippen LogP contribution >= 0.6 is 0 Å². The minimum Gasteiger partial charge on any atom is -0.497 e. The van der Waals surface area contributed by atoms with E-state index >= 15 is 0 Å². The van der Waals surface area contributed by atoms with Crippen molar-refractivity contribution in [3.05, 3.63) is 39.4 Å². The van der Waals surface area contributed by atoms with E-state index in [1.54, 1.807) is 13.0 Å². The number of methoxy groups -OCH3 is 1. The number of hydrogen-bond donors (Lipinski definition) is 2. The summed E-state index contributed by atoms with van der Waals surface area (Å²) >= 11 is 0. The van der Waals surface area contributed by atoms with Gasteiger partial charge in [0.25, 0.3) is 0 Å². The van der Waals surface area contributed by atoms with Gasteiger partial charge in [-0.25, -0.2) is 0 Å². The molecular weight excluding hydrogens is 282 g/mol. The van der Waals surface area contributed by atoms with Crippen molar-refractivity contribution in [2.24, 2.45) is 5.92 Å². The molecule has 0 aliphatic heterocycles. The van der Waals surface area contributed by atoms with Gasteiger partial charge in [0.05, 0.1) is 13.0 Å². The van der Waals surface area contributed by atoms with Crippen LogP contribution in [-0.2, 0) is 9.59 Å². The summed E-state index contributed by atoms with van der Waals surface area (Å²) in [6.45, 7) is 0.835. The van der Waals surface area contributed by atoms with Gasteiger partial charge in [0, 0.05) is 4.92 Å². The molecule has 114 valence electrons. The molecule has 0 aromatic heterocycles. The maximum absolute atomic E-state index is 11.1. The lowest BCUT2D eigenvalue weighted by Gasteiger charge is -2.20. The molecule has 0 bridgehead atoms. The Morgan fingerprint density at radius 2 is 1.90 bits per heavy atom. The second-order valence-electron chi connectivity index (χ2n) is 4.50. The zero-order chi connectivity index (χ0) is 16.2. The van der Waals surface area contributed by atoms with E-state index in [-0.39, 0.29) is 0 Å². The van der Waals surface area contributed by atoms with Crippen LogP contribution in [0.2, 0.25) is 0 Å². The largest absolute Gasteiger partial charge is 0.497 e. The molecule has 0 aliphatic carbocycles. The van der Waals surface area contributed by atoms with Gasteiger partial charge in [-0.2, -0.15) is 0 Å². The lowest BCUT2D eigenvalue weighted by Crippen LogP contribution is -2.34. The van der Waals surface area contributed by atoms with Gasteiger partial charge < -0.3 is 14.9 Å². The Bertz CT molecular complexity index is 556. The van der Waals surface area contributed by atoms with Gasteiger partial charge in [0.2, 0.25) is 6.54 Å². The number of hydrogen-bond acceptors (Lipinski definition) is 5. The Kier molecular flexibility index (Phi) is 5.23. The first-order valence-corrected chi connectivity index (χ1v) is 5.99. The highest BCUT2D eigenvalue weighted by molar-refractivity contribution is 5.94. The summed E-state index contributed by atoms with van der Waals surface area (Å²) in [5, 5.41) is 28.9. The normalized spacial score (nSPS) is 12.0. The highest BCUT2D eigenvalue weighted by Gasteiger charge is 2.39. The molecule has 1 aromatic carbocycles. The van der Waals surface area contributed by atoms with E-state index in [0.717, 1.165) is 0 Å². The number of benzene rings is 1. The van der Waals surface area contributed by atoms with Gasteiger partial charge in [-0.15, -0.1) is 0 Å².